The molecule has 4 aromatic rings. The van der Waals surface area contributed by atoms with E-state index in [9.17, 15) is 30.0 Å². The fourth-order valence-electron chi connectivity index (χ4n) is 4.35. The highest BCUT2D eigenvalue weighted by Crippen LogP contribution is 2.33. The van der Waals surface area contributed by atoms with Crippen LogP contribution in [0.3, 0.4) is 0 Å². The van der Waals surface area contributed by atoms with Gasteiger partial charge in [0.1, 0.15) is 11.6 Å². The van der Waals surface area contributed by atoms with Crippen LogP contribution in [-0.4, -0.2) is 31.3 Å². The van der Waals surface area contributed by atoms with Crippen LogP contribution in [0.25, 0.3) is 11.0 Å². The predicted molar refractivity (Wildman–Crippen MR) is 142 cm³/mol. The van der Waals surface area contributed by atoms with Crippen LogP contribution < -0.4 is 4.18 Å². The van der Waals surface area contributed by atoms with E-state index in [4.69, 9.17) is 0 Å². The molecule has 0 saturated carbocycles. The average Bonchev–Trinajstić information content (AvgIpc) is 3.20. The number of alkyl halides is 3. The van der Waals surface area contributed by atoms with Gasteiger partial charge in [0.15, 0.2) is 0 Å². The Labute approximate surface area is 229 Å². The van der Waals surface area contributed by atoms with Crippen molar-refractivity contribution in [3.63, 3.8) is 0 Å². The third-order valence-electron chi connectivity index (χ3n) is 6.50. The molecule has 0 saturated heterocycles. The molecule has 0 atom stereocenters. The number of nitrogens with zero attached hydrogens (tertiary/aromatic N) is 2. The molecule has 0 bridgehead atoms. The zero-order valence-electron chi connectivity index (χ0n) is 22.2. The zero-order chi connectivity index (χ0) is 29.8. The maximum atomic E-state index is 15.4. The van der Waals surface area contributed by atoms with Crippen LogP contribution in [0.2, 0.25) is 0 Å². The summed E-state index contributed by atoms with van der Waals surface area (Å²) in [7, 11) is -9.92. The first-order chi connectivity index (χ1) is 18.4. The summed E-state index contributed by atoms with van der Waals surface area (Å²) in [5.74, 6) is -1.46. The van der Waals surface area contributed by atoms with Crippen LogP contribution in [0, 0.1) is 26.6 Å². The topological polar surface area (TPSA) is 95.3 Å². The zero-order valence-corrected chi connectivity index (χ0v) is 23.8. The summed E-state index contributed by atoms with van der Waals surface area (Å²) in [4.78, 5) is 4.53. The molecule has 0 aliphatic heterocycles. The second kappa shape index (κ2) is 10.2. The molecular weight excluding hydrogens is 572 g/mol. The van der Waals surface area contributed by atoms with E-state index in [1.165, 1.54) is 32.2 Å². The molecule has 0 N–H and O–H groups in total. The number of rotatable bonds is 7. The van der Waals surface area contributed by atoms with Crippen molar-refractivity contribution in [3.05, 3.63) is 88.0 Å². The van der Waals surface area contributed by atoms with Crippen molar-refractivity contribution >= 4 is 31.2 Å². The SMILES string of the molecule is Cc1ccc(S(=O)(=O)n2cc(C(C)C)c3nc(Cc4c(C)cc(OS(=O)(=O)C(F)(F)F)cc4C)c(F)cc32)cc1. The molecule has 7 nitrogen and oxygen atoms in total. The maximum absolute atomic E-state index is 15.4. The molecule has 214 valence electrons. The average molecular weight is 599 g/mol. The Balaban J connectivity index is 1.79. The molecule has 2 aromatic carbocycles. The summed E-state index contributed by atoms with van der Waals surface area (Å²) in [6.07, 6.45) is 1.35. The van der Waals surface area contributed by atoms with Crippen LogP contribution in [-0.2, 0) is 26.6 Å². The van der Waals surface area contributed by atoms with Crippen molar-refractivity contribution < 1.29 is 38.6 Å². The summed E-state index contributed by atoms with van der Waals surface area (Å²) in [5, 5.41) is 0. The molecule has 40 heavy (non-hydrogen) atoms. The summed E-state index contributed by atoms with van der Waals surface area (Å²) >= 11 is 0. The first kappa shape index (κ1) is 29.5. The van der Waals surface area contributed by atoms with Crippen molar-refractivity contribution in [2.24, 2.45) is 0 Å². The lowest BCUT2D eigenvalue weighted by Gasteiger charge is -2.15. The molecule has 0 unspecified atom stereocenters. The molecular formula is C27H26F4N2O5S2. The number of benzene rings is 2. The lowest BCUT2D eigenvalue weighted by Crippen LogP contribution is -2.28. The number of fused-ring (bicyclic) bond motifs is 1. The number of hydrogen-bond acceptors (Lipinski definition) is 6. The minimum absolute atomic E-state index is 0.0114. The van der Waals surface area contributed by atoms with Gasteiger partial charge in [-0.1, -0.05) is 31.5 Å². The Morgan fingerprint density at radius 3 is 2.05 bits per heavy atom. The first-order valence-electron chi connectivity index (χ1n) is 12.1. The third-order valence-corrected chi connectivity index (χ3v) is 9.17. The van der Waals surface area contributed by atoms with Gasteiger partial charge in [-0.3, -0.25) is 0 Å². The van der Waals surface area contributed by atoms with Gasteiger partial charge in [-0.05, 0) is 73.2 Å². The van der Waals surface area contributed by atoms with E-state index in [0.717, 1.165) is 27.7 Å². The minimum Gasteiger partial charge on any atom is -0.376 e. The van der Waals surface area contributed by atoms with Crippen LogP contribution in [0.4, 0.5) is 17.6 Å². The monoisotopic (exact) mass is 598 g/mol. The Bertz CT molecular complexity index is 1800. The van der Waals surface area contributed by atoms with Crippen LogP contribution in [0.1, 0.15) is 53.3 Å². The molecule has 0 spiro atoms. The first-order valence-corrected chi connectivity index (χ1v) is 14.9. The van der Waals surface area contributed by atoms with E-state index in [1.54, 1.807) is 12.1 Å². The van der Waals surface area contributed by atoms with Crippen molar-refractivity contribution in [2.45, 2.75) is 57.4 Å². The standard InChI is InChI=1S/C27H26F4N2O5S2/c1-15(2)22-14-33(39(34,35)20-8-6-16(3)7-9-20)25-13-23(28)24(32-26(22)25)12-21-17(4)10-19(11-18(21)5)38-40(36,37)27(29,30)31/h6-11,13-15H,12H2,1-5H3. The highest BCUT2D eigenvalue weighted by atomic mass is 32.2. The molecule has 13 heteroatoms. The molecule has 0 radical (unpaired) electrons. The van der Waals surface area contributed by atoms with E-state index in [0.29, 0.717) is 27.8 Å². The van der Waals surface area contributed by atoms with E-state index in [2.05, 4.69) is 9.17 Å². The summed E-state index contributed by atoms with van der Waals surface area (Å²) in [6.45, 7) is 8.58. The summed E-state index contributed by atoms with van der Waals surface area (Å²) < 4.78 is 109. The van der Waals surface area contributed by atoms with Crippen molar-refractivity contribution in [2.75, 3.05) is 0 Å². The van der Waals surface area contributed by atoms with Crippen LogP contribution in [0.15, 0.2) is 53.6 Å². The van der Waals surface area contributed by atoms with Crippen molar-refractivity contribution in [1.82, 2.24) is 8.96 Å². The highest BCUT2D eigenvalue weighted by Gasteiger charge is 2.48. The number of halogens is 4. The van der Waals surface area contributed by atoms with E-state index >= 15 is 4.39 Å². The van der Waals surface area contributed by atoms with E-state index in [1.807, 2.05) is 20.8 Å². The number of pyridine rings is 1. The fraction of sp³-hybridized carbons (Fsp3) is 0.296. The van der Waals surface area contributed by atoms with Gasteiger partial charge in [-0.2, -0.15) is 21.6 Å². The predicted octanol–water partition coefficient (Wildman–Crippen LogP) is 6.28. The largest absolute Gasteiger partial charge is 0.534 e. The maximum Gasteiger partial charge on any atom is 0.534 e. The van der Waals surface area contributed by atoms with Gasteiger partial charge in [0.05, 0.1) is 21.6 Å². The lowest BCUT2D eigenvalue weighted by molar-refractivity contribution is -0.0500. The van der Waals surface area contributed by atoms with Crippen LogP contribution >= 0.6 is 0 Å². The van der Waals surface area contributed by atoms with Gasteiger partial charge in [0, 0.05) is 18.7 Å². The Morgan fingerprint density at radius 1 is 0.950 bits per heavy atom. The van der Waals surface area contributed by atoms with Crippen LogP contribution in [0.5, 0.6) is 5.75 Å². The van der Waals surface area contributed by atoms with Gasteiger partial charge < -0.3 is 4.18 Å². The number of aromatic nitrogens is 2. The highest BCUT2D eigenvalue weighted by molar-refractivity contribution is 7.90. The molecule has 0 aliphatic carbocycles. The van der Waals surface area contributed by atoms with Crippen molar-refractivity contribution in [1.29, 1.82) is 0 Å². The Morgan fingerprint density at radius 2 is 1.52 bits per heavy atom. The van der Waals surface area contributed by atoms with E-state index < -0.39 is 37.2 Å². The smallest absolute Gasteiger partial charge is 0.376 e. The normalized spacial score (nSPS) is 12.8. The molecule has 0 aliphatic rings. The summed E-state index contributed by atoms with van der Waals surface area (Å²) in [6, 6.07) is 9.62. The molecule has 2 heterocycles. The van der Waals surface area contributed by atoms with E-state index in [-0.39, 0.29) is 28.4 Å². The molecule has 2 aromatic heterocycles. The second-order valence-electron chi connectivity index (χ2n) is 9.83. The Kier molecular flexibility index (Phi) is 7.52. The van der Waals surface area contributed by atoms with Gasteiger partial charge in [0.2, 0.25) is 0 Å². The Hall–Kier alpha value is -3.45. The molecule has 0 fully saturated rings. The van der Waals surface area contributed by atoms with Gasteiger partial charge in [-0.15, -0.1) is 0 Å². The number of hydrogen-bond donors (Lipinski definition) is 0. The van der Waals surface area contributed by atoms with Gasteiger partial charge >= 0.3 is 15.6 Å². The second-order valence-corrected chi connectivity index (χ2v) is 13.2. The fourth-order valence-corrected chi connectivity index (χ4v) is 6.15. The minimum atomic E-state index is -5.86. The number of aryl methyl sites for hydroxylation is 3. The lowest BCUT2D eigenvalue weighted by atomic mass is 9.97. The summed E-state index contributed by atoms with van der Waals surface area (Å²) in [5.41, 5.74) is -2.55. The van der Waals surface area contributed by atoms with Gasteiger partial charge in [0.25, 0.3) is 10.0 Å². The third kappa shape index (κ3) is 5.44. The molecule has 0 amide bonds. The van der Waals surface area contributed by atoms with Crippen molar-refractivity contribution in [3.8, 4) is 5.75 Å². The molecule has 4 rings (SSSR count). The quantitative estimate of drug-likeness (QED) is 0.141. The van der Waals surface area contributed by atoms with Gasteiger partial charge in [-0.25, -0.2) is 21.8 Å².